The second-order valence-corrected chi connectivity index (χ2v) is 9.81. The van der Waals surface area contributed by atoms with Crippen molar-refractivity contribution in [2.75, 3.05) is 31.8 Å². The van der Waals surface area contributed by atoms with Gasteiger partial charge in [0.05, 0.1) is 23.6 Å². The third-order valence-electron chi connectivity index (χ3n) is 5.12. The molecule has 1 aliphatic rings. The van der Waals surface area contributed by atoms with Crippen molar-refractivity contribution in [2.24, 2.45) is 5.92 Å². The largest absolute Gasteiger partial charge is 0.496 e. The first-order chi connectivity index (χ1) is 13.9. The minimum absolute atomic E-state index is 0.141. The number of benzene rings is 2. The minimum Gasteiger partial charge on any atom is -0.496 e. The topological polar surface area (TPSA) is 75.7 Å². The van der Waals surface area contributed by atoms with E-state index in [0.717, 1.165) is 16.1 Å². The summed E-state index contributed by atoms with van der Waals surface area (Å²) >= 11 is 1.56. The van der Waals surface area contributed by atoms with Crippen LogP contribution in [0, 0.1) is 12.8 Å². The Bertz CT molecular complexity index is 992. The fourth-order valence-electron chi connectivity index (χ4n) is 3.52. The normalized spacial score (nSPS) is 17.7. The van der Waals surface area contributed by atoms with Crippen LogP contribution in [0.1, 0.15) is 18.4 Å². The van der Waals surface area contributed by atoms with Gasteiger partial charge < -0.3 is 10.1 Å². The number of ether oxygens (including phenoxy) is 1. The molecule has 0 spiro atoms. The quantitative estimate of drug-likeness (QED) is 0.701. The Kier molecular flexibility index (Phi) is 6.87. The average Bonchev–Trinajstić information content (AvgIpc) is 2.74. The number of nitrogens with zero attached hydrogens (tertiary/aromatic N) is 1. The summed E-state index contributed by atoms with van der Waals surface area (Å²) in [5.74, 6) is 0.123. The van der Waals surface area contributed by atoms with Gasteiger partial charge in [0.1, 0.15) is 5.75 Å². The summed E-state index contributed by atoms with van der Waals surface area (Å²) in [4.78, 5) is 14.0. The van der Waals surface area contributed by atoms with Crippen LogP contribution in [0.2, 0.25) is 0 Å². The molecule has 2 aromatic carbocycles. The smallest absolute Gasteiger partial charge is 0.243 e. The highest BCUT2D eigenvalue weighted by molar-refractivity contribution is 7.98. The lowest BCUT2D eigenvalue weighted by molar-refractivity contribution is -0.120. The van der Waals surface area contributed by atoms with E-state index in [-0.39, 0.29) is 23.3 Å². The molecule has 1 aliphatic heterocycles. The first-order valence-electron chi connectivity index (χ1n) is 9.45. The number of hydrogen-bond donors (Lipinski definition) is 1. The Balaban J connectivity index is 1.76. The average molecular weight is 435 g/mol. The van der Waals surface area contributed by atoms with Crippen molar-refractivity contribution < 1.29 is 17.9 Å². The zero-order valence-electron chi connectivity index (χ0n) is 16.8. The van der Waals surface area contributed by atoms with Crippen LogP contribution in [0.25, 0.3) is 0 Å². The second kappa shape index (κ2) is 9.19. The molecule has 29 heavy (non-hydrogen) atoms. The zero-order chi connectivity index (χ0) is 21.0. The predicted octanol–water partition coefficient (Wildman–Crippen LogP) is 3.76. The molecule has 1 amide bonds. The molecule has 1 saturated heterocycles. The molecule has 0 saturated carbocycles. The Morgan fingerprint density at radius 2 is 2.00 bits per heavy atom. The molecular formula is C21H26N2O4S2. The summed E-state index contributed by atoms with van der Waals surface area (Å²) in [6.45, 7) is 2.41. The molecule has 8 heteroatoms. The zero-order valence-corrected chi connectivity index (χ0v) is 18.5. The lowest BCUT2D eigenvalue weighted by Gasteiger charge is -2.31. The van der Waals surface area contributed by atoms with Gasteiger partial charge in [0.25, 0.3) is 0 Å². The van der Waals surface area contributed by atoms with Gasteiger partial charge in [-0.2, -0.15) is 4.31 Å². The van der Waals surface area contributed by atoms with Crippen LogP contribution in [-0.2, 0) is 14.8 Å². The van der Waals surface area contributed by atoms with Crippen molar-refractivity contribution >= 4 is 33.4 Å². The van der Waals surface area contributed by atoms with Gasteiger partial charge in [0.15, 0.2) is 0 Å². The SMILES string of the molecule is COc1ccc(S(=O)(=O)N2CCC[C@@H](C(=O)Nc3ccccc3SC)C2)cc1C. The molecule has 3 rings (SSSR count). The lowest BCUT2D eigenvalue weighted by Crippen LogP contribution is -2.43. The molecule has 0 unspecified atom stereocenters. The van der Waals surface area contributed by atoms with Crippen molar-refractivity contribution in [3.05, 3.63) is 48.0 Å². The summed E-state index contributed by atoms with van der Waals surface area (Å²) in [6.07, 6.45) is 3.27. The van der Waals surface area contributed by atoms with Gasteiger partial charge in [-0.1, -0.05) is 12.1 Å². The molecule has 1 atom stereocenters. The third kappa shape index (κ3) is 4.76. The van der Waals surface area contributed by atoms with Crippen molar-refractivity contribution in [2.45, 2.75) is 29.6 Å². The van der Waals surface area contributed by atoms with Crippen molar-refractivity contribution in [3.63, 3.8) is 0 Å². The van der Waals surface area contributed by atoms with E-state index >= 15 is 0 Å². The maximum atomic E-state index is 13.1. The number of thioether (sulfide) groups is 1. The van der Waals surface area contributed by atoms with Gasteiger partial charge in [0.2, 0.25) is 15.9 Å². The molecule has 156 valence electrons. The van der Waals surface area contributed by atoms with E-state index in [1.165, 1.54) is 4.31 Å². The Morgan fingerprint density at radius 3 is 2.69 bits per heavy atom. The Morgan fingerprint density at radius 1 is 1.24 bits per heavy atom. The summed E-state index contributed by atoms with van der Waals surface area (Å²) in [6, 6.07) is 12.4. The Hall–Kier alpha value is -2.03. The third-order valence-corrected chi connectivity index (χ3v) is 7.78. The van der Waals surface area contributed by atoms with Crippen LogP contribution < -0.4 is 10.1 Å². The van der Waals surface area contributed by atoms with Gasteiger partial charge in [-0.15, -0.1) is 11.8 Å². The molecule has 1 fully saturated rings. The number of methoxy groups -OCH3 is 1. The standard InChI is InChI=1S/C21H26N2O4S2/c1-15-13-17(10-11-19(15)27-2)29(25,26)23-12-6-7-16(14-23)21(24)22-18-8-4-5-9-20(18)28-3/h4-5,8-11,13,16H,6-7,12,14H2,1-3H3,(H,22,24)/t16-/m1/s1. The van der Waals surface area contributed by atoms with Gasteiger partial charge in [-0.05, 0) is 61.9 Å². The van der Waals surface area contributed by atoms with Crippen LogP contribution in [0.5, 0.6) is 5.75 Å². The highest BCUT2D eigenvalue weighted by Gasteiger charge is 2.33. The summed E-state index contributed by atoms with van der Waals surface area (Å²) < 4.78 is 32.9. The number of nitrogens with one attached hydrogen (secondary N) is 1. The monoisotopic (exact) mass is 434 g/mol. The molecule has 0 aromatic heterocycles. The molecule has 1 N–H and O–H groups in total. The van der Waals surface area contributed by atoms with Crippen LogP contribution in [0.4, 0.5) is 5.69 Å². The maximum absolute atomic E-state index is 13.1. The highest BCUT2D eigenvalue weighted by Crippen LogP contribution is 2.29. The fraction of sp³-hybridized carbons (Fsp3) is 0.381. The van der Waals surface area contributed by atoms with E-state index in [2.05, 4.69) is 5.32 Å². The summed E-state index contributed by atoms with van der Waals surface area (Å²) in [5.41, 5.74) is 1.52. The van der Waals surface area contributed by atoms with E-state index in [1.54, 1.807) is 37.1 Å². The minimum atomic E-state index is -3.67. The summed E-state index contributed by atoms with van der Waals surface area (Å²) in [7, 11) is -2.11. The highest BCUT2D eigenvalue weighted by atomic mass is 32.2. The number of rotatable bonds is 6. The van der Waals surface area contributed by atoms with Crippen LogP contribution in [0.15, 0.2) is 52.3 Å². The number of hydrogen-bond acceptors (Lipinski definition) is 5. The van der Waals surface area contributed by atoms with E-state index in [4.69, 9.17) is 4.74 Å². The molecule has 0 bridgehead atoms. The lowest BCUT2D eigenvalue weighted by atomic mass is 9.99. The number of para-hydroxylation sites is 1. The van der Waals surface area contributed by atoms with E-state index < -0.39 is 10.0 Å². The summed E-state index contributed by atoms with van der Waals surface area (Å²) in [5, 5.41) is 2.97. The van der Waals surface area contributed by atoms with Crippen LogP contribution in [-0.4, -0.2) is 45.1 Å². The number of aryl methyl sites for hydroxylation is 1. The first kappa shape index (κ1) is 21.7. The number of carbonyl (C=O) groups is 1. The molecule has 1 heterocycles. The van der Waals surface area contributed by atoms with Gasteiger partial charge in [0, 0.05) is 18.0 Å². The van der Waals surface area contributed by atoms with E-state index in [1.807, 2.05) is 37.4 Å². The number of sulfonamides is 1. The molecule has 2 aromatic rings. The van der Waals surface area contributed by atoms with Crippen LogP contribution in [0.3, 0.4) is 0 Å². The second-order valence-electron chi connectivity index (χ2n) is 7.02. The maximum Gasteiger partial charge on any atom is 0.243 e. The van der Waals surface area contributed by atoms with Crippen molar-refractivity contribution in [1.29, 1.82) is 0 Å². The molecule has 0 radical (unpaired) electrons. The fourth-order valence-corrected chi connectivity index (χ4v) is 5.68. The first-order valence-corrected chi connectivity index (χ1v) is 12.1. The van der Waals surface area contributed by atoms with Gasteiger partial charge in [-0.3, -0.25) is 4.79 Å². The van der Waals surface area contributed by atoms with E-state index in [0.29, 0.717) is 25.1 Å². The van der Waals surface area contributed by atoms with Crippen molar-refractivity contribution in [3.8, 4) is 5.75 Å². The Labute approximate surface area is 176 Å². The molecular weight excluding hydrogens is 408 g/mol. The predicted molar refractivity (Wildman–Crippen MR) is 116 cm³/mol. The van der Waals surface area contributed by atoms with Crippen molar-refractivity contribution in [1.82, 2.24) is 4.31 Å². The number of anilines is 1. The number of amides is 1. The number of carbonyl (C=O) groups excluding carboxylic acids is 1. The van der Waals surface area contributed by atoms with E-state index in [9.17, 15) is 13.2 Å². The van der Waals surface area contributed by atoms with Gasteiger partial charge >= 0.3 is 0 Å². The molecule has 0 aliphatic carbocycles. The van der Waals surface area contributed by atoms with Gasteiger partial charge in [-0.25, -0.2) is 8.42 Å². The van der Waals surface area contributed by atoms with Crippen LogP contribution >= 0.6 is 11.8 Å². The number of piperidine rings is 1. The molecule has 6 nitrogen and oxygen atoms in total.